The van der Waals surface area contributed by atoms with E-state index in [1.165, 1.54) is 77.5 Å². The van der Waals surface area contributed by atoms with Gasteiger partial charge >= 0.3 is 0 Å². The van der Waals surface area contributed by atoms with Gasteiger partial charge in [-0.05, 0) is 63.1 Å². The van der Waals surface area contributed by atoms with Crippen molar-refractivity contribution in [3.63, 3.8) is 0 Å². The minimum absolute atomic E-state index is 0.599. The van der Waals surface area contributed by atoms with Crippen molar-refractivity contribution in [2.45, 2.75) is 65.2 Å². The summed E-state index contributed by atoms with van der Waals surface area (Å²) >= 11 is 0. The number of hydrogen-bond acceptors (Lipinski definition) is 2. The second-order valence-corrected chi connectivity index (χ2v) is 6.97. The van der Waals surface area contributed by atoms with Crippen molar-refractivity contribution in [3.05, 3.63) is 0 Å². The molecule has 0 amide bonds. The molecule has 2 fully saturated rings. The van der Waals surface area contributed by atoms with Gasteiger partial charge in [0.1, 0.15) is 0 Å². The summed E-state index contributed by atoms with van der Waals surface area (Å²) in [5, 5.41) is 3.63. The highest BCUT2D eigenvalue weighted by atomic mass is 15.1. The molecule has 1 saturated carbocycles. The molecule has 1 atom stereocenters. The van der Waals surface area contributed by atoms with E-state index in [1.54, 1.807) is 0 Å². The lowest BCUT2D eigenvalue weighted by atomic mass is 9.85. The van der Waals surface area contributed by atoms with Gasteiger partial charge < -0.3 is 10.2 Å². The van der Waals surface area contributed by atoms with Crippen LogP contribution in [0.5, 0.6) is 0 Å². The van der Waals surface area contributed by atoms with Gasteiger partial charge in [-0.1, -0.05) is 33.1 Å². The number of rotatable bonds is 6. The van der Waals surface area contributed by atoms with Gasteiger partial charge in [0.25, 0.3) is 0 Å². The first-order chi connectivity index (χ1) is 9.28. The van der Waals surface area contributed by atoms with Crippen LogP contribution in [0.3, 0.4) is 0 Å². The van der Waals surface area contributed by atoms with E-state index in [2.05, 4.69) is 24.1 Å². The predicted molar refractivity (Wildman–Crippen MR) is 83.5 cm³/mol. The van der Waals surface area contributed by atoms with Crippen LogP contribution in [0.2, 0.25) is 0 Å². The van der Waals surface area contributed by atoms with Crippen LogP contribution >= 0.6 is 0 Å². The topological polar surface area (TPSA) is 15.3 Å². The van der Waals surface area contributed by atoms with Crippen LogP contribution in [0.25, 0.3) is 0 Å². The highest BCUT2D eigenvalue weighted by Gasteiger charge is 2.35. The van der Waals surface area contributed by atoms with Crippen LogP contribution < -0.4 is 5.32 Å². The molecule has 0 radical (unpaired) electrons. The summed E-state index contributed by atoms with van der Waals surface area (Å²) in [5.74, 6) is 0.998. The second kappa shape index (κ2) is 7.64. The summed E-state index contributed by atoms with van der Waals surface area (Å²) < 4.78 is 0. The molecule has 1 aliphatic carbocycles. The zero-order valence-electron chi connectivity index (χ0n) is 13.2. The lowest BCUT2D eigenvalue weighted by Gasteiger charge is -2.35. The quantitative estimate of drug-likeness (QED) is 0.789. The fourth-order valence-electron chi connectivity index (χ4n) is 4.17. The van der Waals surface area contributed by atoms with Gasteiger partial charge in [-0.15, -0.1) is 0 Å². The number of nitrogens with zero attached hydrogens (tertiary/aromatic N) is 1. The van der Waals surface area contributed by atoms with E-state index in [-0.39, 0.29) is 0 Å². The maximum atomic E-state index is 3.63. The summed E-state index contributed by atoms with van der Waals surface area (Å²) in [4.78, 5) is 2.79. The van der Waals surface area contributed by atoms with Gasteiger partial charge in [-0.3, -0.25) is 0 Å². The van der Waals surface area contributed by atoms with Crippen LogP contribution in [0.1, 0.15) is 65.2 Å². The maximum Gasteiger partial charge on any atom is 0.00501 e. The van der Waals surface area contributed by atoms with E-state index in [1.807, 2.05) is 0 Å². The molecule has 1 heterocycles. The zero-order chi connectivity index (χ0) is 13.6. The van der Waals surface area contributed by atoms with Gasteiger partial charge in [0.15, 0.2) is 0 Å². The van der Waals surface area contributed by atoms with E-state index in [9.17, 15) is 0 Å². The lowest BCUT2D eigenvalue weighted by molar-refractivity contribution is 0.151. The van der Waals surface area contributed by atoms with Gasteiger partial charge in [-0.25, -0.2) is 0 Å². The maximum absolute atomic E-state index is 3.63. The van der Waals surface area contributed by atoms with Crippen LogP contribution in [-0.4, -0.2) is 37.6 Å². The molecule has 2 aliphatic rings. The van der Waals surface area contributed by atoms with E-state index in [4.69, 9.17) is 0 Å². The minimum Gasteiger partial charge on any atom is -0.316 e. The van der Waals surface area contributed by atoms with Gasteiger partial charge in [-0.2, -0.15) is 0 Å². The Bertz CT molecular complexity index is 246. The SMILES string of the molecule is CCNCC1(CN2CCCC(CC)CC2)CCCC1. The Morgan fingerprint density at radius 3 is 2.53 bits per heavy atom. The molecular weight excluding hydrogens is 232 g/mol. The van der Waals surface area contributed by atoms with Gasteiger partial charge in [0.2, 0.25) is 0 Å². The molecule has 2 nitrogen and oxygen atoms in total. The first-order valence-electron chi connectivity index (χ1n) is 8.71. The minimum atomic E-state index is 0.599. The summed E-state index contributed by atoms with van der Waals surface area (Å²) in [6.07, 6.45) is 11.5. The largest absolute Gasteiger partial charge is 0.316 e. The van der Waals surface area contributed by atoms with E-state index >= 15 is 0 Å². The van der Waals surface area contributed by atoms with Crippen molar-refractivity contribution in [1.82, 2.24) is 10.2 Å². The monoisotopic (exact) mass is 266 g/mol. The Morgan fingerprint density at radius 1 is 1.05 bits per heavy atom. The molecule has 0 spiro atoms. The predicted octanol–water partition coefficient (Wildman–Crippen LogP) is 3.67. The van der Waals surface area contributed by atoms with E-state index < -0.39 is 0 Å². The zero-order valence-corrected chi connectivity index (χ0v) is 13.2. The number of likely N-dealkylation sites (tertiary alicyclic amines) is 1. The van der Waals surface area contributed by atoms with Crippen LogP contribution in [0, 0.1) is 11.3 Å². The summed E-state index contributed by atoms with van der Waals surface area (Å²) in [6.45, 7) is 11.0. The molecule has 1 N–H and O–H groups in total. The molecule has 0 aromatic carbocycles. The third kappa shape index (κ3) is 4.46. The van der Waals surface area contributed by atoms with E-state index in [0.29, 0.717) is 5.41 Å². The van der Waals surface area contributed by atoms with E-state index in [0.717, 1.165) is 12.5 Å². The number of hydrogen-bond donors (Lipinski definition) is 1. The molecular formula is C17H34N2. The van der Waals surface area contributed by atoms with Crippen LogP contribution in [0.15, 0.2) is 0 Å². The Labute approximate surface area is 120 Å². The van der Waals surface area contributed by atoms with Crippen molar-refractivity contribution >= 4 is 0 Å². The Morgan fingerprint density at radius 2 is 1.84 bits per heavy atom. The Balaban J connectivity index is 1.86. The molecule has 0 aromatic rings. The third-order valence-electron chi connectivity index (χ3n) is 5.49. The second-order valence-electron chi connectivity index (χ2n) is 6.97. The van der Waals surface area contributed by atoms with Crippen molar-refractivity contribution in [1.29, 1.82) is 0 Å². The molecule has 0 bridgehead atoms. The molecule has 19 heavy (non-hydrogen) atoms. The third-order valence-corrected chi connectivity index (χ3v) is 5.49. The van der Waals surface area contributed by atoms with Crippen molar-refractivity contribution in [2.24, 2.45) is 11.3 Å². The van der Waals surface area contributed by atoms with Crippen LogP contribution in [-0.2, 0) is 0 Å². The Hall–Kier alpha value is -0.0800. The number of nitrogens with one attached hydrogen (secondary N) is 1. The van der Waals surface area contributed by atoms with Gasteiger partial charge in [0, 0.05) is 13.1 Å². The smallest absolute Gasteiger partial charge is 0.00501 e. The van der Waals surface area contributed by atoms with Crippen LogP contribution in [0.4, 0.5) is 0 Å². The Kier molecular flexibility index (Phi) is 6.15. The fourth-order valence-corrected chi connectivity index (χ4v) is 4.17. The van der Waals surface area contributed by atoms with Crippen molar-refractivity contribution in [3.8, 4) is 0 Å². The summed E-state index contributed by atoms with van der Waals surface area (Å²) in [6, 6.07) is 0. The molecule has 1 saturated heterocycles. The van der Waals surface area contributed by atoms with Gasteiger partial charge in [0.05, 0.1) is 0 Å². The standard InChI is InChI=1S/C17H34N2/c1-3-16-8-7-12-19(13-9-16)15-17(14-18-4-2)10-5-6-11-17/h16,18H,3-15H2,1-2H3. The average Bonchev–Trinajstić information content (AvgIpc) is 2.76. The summed E-state index contributed by atoms with van der Waals surface area (Å²) in [5.41, 5.74) is 0.599. The van der Waals surface area contributed by atoms with Crippen molar-refractivity contribution < 1.29 is 0 Å². The fraction of sp³-hybridized carbons (Fsp3) is 1.00. The molecule has 2 heteroatoms. The van der Waals surface area contributed by atoms with Crippen molar-refractivity contribution in [2.75, 3.05) is 32.7 Å². The molecule has 2 rings (SSSR count). The highest BCUT2D eigenvalue weighted by Crippen LogP contribution is 2.39. The molecule has 0 aromatic heterocycles. The molecule has 1 aliphatic heterocycles. The summed E-state index contributed by atoms with van der Waals surface area (Å²) in [7, 11) is 0. The highest BCUT2D eigenvalue weighted by molar-refractivity contribution is 4.90. The molecule has 112 valence electrons. The first kappa shape index (κ1) is 15.3. The normalized spacial score (nSPS) is 28.4. The lowest BCUT2D eigenvalue weighted by Crippen LogP contribution is -2.43. The first-order valence-corrected chi connectivity index (χ1v) is 8.71. The molecule has 1 unspecified atom stereocenters. The average molecular weight is 266 g/mol.